The van der Waals surface area contributed by atoms with E-state index < -0.39 is 10.1 Å². The van der Waals surface area contributed by atoms with E-state index in [0.717, 1.165) is 0 Å². The first-order valence-electron chi connectivity index (χ1n) is 5.69. The van der Waals surface area contributed by atoms with E-state index in [1.807, 2.05) is 0 Å². The number of hydrogen-bond acceptors (Lipinski definition) is 4. The third-order valence-corrected chi connectivity index (χ3v) is 4.03. The lowest BCUT2D eigenvalue weighted by Gasteiger charge is -2.07. The highest BCUT2D eigenvalue weighted by molar-refractivity contribution is 7.87. The molecule has 0 amide bonds. The summed E-state index contributed by atoms with van der Waals surface area (Å²) in [5.41, 5.74) is 0.484. The van der Waals surface area contributed by atoms with E-state index in [4.69, 9.17) is 15.8 Å². The molecule has 20 heavy (non-hydrogen) atoms. The molecule has 0 aromatic heterocycles. The molecular formula is C14H11ClO4S. The quantitative estimate of drug-likeness (QED) is 0.642. The summed E-state index contributed by atoms with van der Waals surface area (Å²) < 4.78 is 29.0. The largest absolute Gasteiger partial charge is 0.379 e. The lowest BCUT2D eigenvalue weighted by atomic mass is 10.1. The first-order chi connectivity index (χ1) is 9.38. The number of ketones is 1. The number of benzene rings is 2. The van der Waals surface area contributed by atoms with Crippen LogP contribution in [0.1, 0.15) is 17.3 Å². The molecule has 0 bridgehead atoms. The van der Waals surface area contributed by atoms with Gasteiger partial charge in [-0.1, -0.05) is 17.7 Å². The summed E-state index contributed by atoms with van der Waals surface area (Å²) in [6.07, 6.45) is 0. The molecule has 4 nitrogen and oxygen atoms in total. The fourth-order valence-electron chi connectivity index (χ4n) is 1.54. The molecule has 0 atom stereocenters. The minimum atomic E-state index is -3.94. The molecule has 104 valence electrons. The fraction of sp³-hybridized carbons (Fsp3) is 0.0714. The lowest BCUT2D eigenvalue weighted by molar-refractivity contribution is 0.101. The number of halogens is 1. The minimum absolute atomic E-state index is 0.0272. The Balaban J connectivity index is 2.26. The van der Waals surface area contributed by atoms with E-state index >= 15 is 0 Å². The molecule has 0 saturated carbocycles. The Kier molecular flexibility index (Phi) is 4.11. The minimum Gasteiger partial charge on any atom is -0.379 e. The fourth-order valence-corrected chi connectivity index (χ4v) is 2.77. The van der Waals surface area contributed by atoms with Crippen LogP contribution in [0, 0.1) is 0 Å². The maximum absolute atomic E-state index is 12.0. The molecule has 0 unspecified atom stereocenters. The van der Waals surface area contributed by atoms with Crippen molar-refractivity contribution in [2.24, 2.45) is 0 Å². The van der Waals surface area contributed by atoms with Crippen molar-refractivity contribution >= 4 is 27.5 Å². The van der Waals surface area contributed by atoms with Crippen molar-refractivity contribution in [2.75, 3.05) is 0 Å². The van der Waals surface area contributed by atoms with Crippen LogP contribution in [-0.2, 0) is 10.1 Å². The Hall–Kier alpha value is -1.85. The van der Waals surface area contributed by atoms with Crippen LogP contribution in [0.15, 0.2) is 53.4 Å². The molecule has 0 fully saturated rings. The molecule has 2 aromatic rings. The molecule has 0 aliphatic heterocycles. The molecule has 0 spiro atoms. The molecule has 0 saturated heterocycles. The second-order valence-electron chi connectivity index (χ2n) is 4.08. The second kappa shape index (κ2) is 5.64. The Morgan fingerprint density at radius 3 is 2.30 bits per heavy atom. The highest BCUT2D eigenvalue weighted by atomic mass is 35.5. The van der Waals surface area contributed by atoms with Crippen molar-refractivity contribution in [1.29, 1.82) is 0 Å². The lowest BCUT2D eigenvalue weighted by Crippen LogP contribution is -2.09. The maximum atomic E-state index is 12.0. The van der Waals surface area contributed by atoms with Crippen LogP contribution in [0.2, 0.25) is 5.02 Å². The molecule has 2 rings (SSSR count). The van der Waals surface area contributed by atoms with Crippen molar-refractivity contribution < 1.29 is 17.4 Å². The van der Waals surface area contributed by atoms with E-state index in [-0.39, 0.29) is 16.4 Å². The molecule has 0 aliphatic rings. The summed E-state index contributed by atoms with van der Waals surface area (Å²) in [5, 5.41) is 0.307. The monoisotopic (exact) mass is 310 g/mol. The Morgan fingerprint density at radius 2 is 1.75 bits per heavy atom. The van der Waals surface area contributed by atoms with Crippen LogP contribution in [-0.4, -0.2) is 14.2 Å². The van der Waals surface area contributed by atoms with Crippen LogP contribution >= 0.6 is 11.6 Å². The van der Waals surface area contributed by atoms with Crippen molar-refractivity contribution in [3.8, 4) is 5.75 Å². The van der Waals surface area contributed by atoms with Crippen molar-refractivity contribution in [1.82, 2.24) is 0 Å². The van der Waals surface area contributed by atoms with Gasteiger partial charge >= 0.3 is 10.1 Å². The van der Waals surface area contributed by atoms with Gasteiger partial charge in [0.1, 0.15) is 10.6 Å². The SMILES string of the molecule is CC(=O)c1ccc(OS(=O)(=O)c2cccc(Cl)c2)cc1. The zero-order chi connectivity index (χ0) is 14.8. The van der Waals surface area contributed by atoms with Gasteiger partial charge in [0.25, 0.3) is 0 Å². The van der Waals surface area contributed by atoms with Gasteiger partial charge in [-0.2, -0.15) is 8.42 Å². The highest BCUT2D eigenvalue weighted by Gasteiger charge is 2.17. The van der Waals surface area contributed by atoms with E-state index in [9.17, 15) is 13.2 Å². The van der Waals surface area contributed by atoms with E-state index in [1.54, 1.807) is 6.07 Å². The van der Waals surface area contributed by atoms with Crippen molar-refractivity contribution in [3.63, 3.8) is 0 Å². The standard InChI is InChI=1S/C14H11ClO4S/c1-10(16)11-5-7-13(8-6-11)19-20(17,18)14-4-2-3-12(15)9-14/h2-9H,1H3. The zero-order valence-electron chi connectivity index (χ0n) is 10.5. The summed E-state index contributed by atoms with van der Waals surface area (Å²) >= 11 is 5.75. The Labute approximate surface area is 122 Å². The van der Waals surface area contributed by atoms with Gasteiger partial charge in [0.05, 0.1) is 0 Å². The van der Waals surface area contributed by atoms with Crippen LogP contribution in [0.4, 0.5) is 0 Å². The Morgan fingerprint density at radius 1 is 1.10 bits per heavy atom. The smallest absolute Gasteiger partial charge is 0.339 e. The van der Waals surface area contributed by atoms with Crippen LogP contribution in [0.3, 0.4) is 0 Å². The van der Waals surface area contributed by atoms with E-state index in [1.165, 1.54) is 49.4 Å². The van der Waals surface area contributed by atoms with Crippen LogP contribution in [0.25, 0.3) is 0 Å². The Bertz CT molecular complexity index is 736. The second-order valence-corrected chi connectivity index (χ2v) is 6.06. The van der Waals surface area contributed by atoms with Crippen LogP contribution < -0.4 is 4.18 Å². The van der Waals surface area contributed by atoms with Crippen molar-refractivity contribution in [3.05, 3.63) is 59.1 Å². The van der Waals surface area contributed by atoms with Gasteiger partial charge in [-0.05, 0) is 49.4 Å². The van der Waals surface area contributed by atoms with Crippen LogP contribution in [0.5, 0.6) is 5.75 Å². The predicted octanol–water partition coefficient (Wildman–Crippen LogP) is 3.31. The summed E-state index contributed by atoms with van der Waals surface area (Å²) in [5.74, 6) is 0.0317. The van der Waals surface area contributed by atoms with E-state index in [2.05, 4.69) is 0 Å². The first kappa shape index (κ1) is 14.6. The predicted molar refractivity (Wildman–Crippen MR) is 75.7 cm³/mol. The maximum Gasteiger partial charge on any atom is 0.339 e. The molecule has 0 radical (unpaired) electrons. The molecule has 0 N–H and O–H groups in total. The van der Waals surface area contributed by atoms with Gasteiger partial charge in [0.2, 0.25) is 0 Å². The number of carbonyl (C=O) groups excluding carboxylic acids is 1. The third kappa shape index (κ3) is 3.37. The molecular weight excluding hydrogens is 300 g/mol. The van der Waals surface area contributed by atoms with Gasteiger partial charge in [0, 0.05) is 10.6 Å². The van der Waals surface area contributed by atoms with Gasteiger partial charge < -0.3 is 4.18 Å². The number of rotatable bonds is 4. The van der Waals surface area contributed by atoms with Gasteiger partial charge in [0.15, 0.2) is 5.78 Å². The number of carbonyl (C=O) groups is 1. The summed E-state index contributed by atoms with van der Waals surface area (Å²) in [6, 6.07) is 11.7. The average Bonchev–Trinajstić information content (AvgIpc) is 2.39. The van der Waals surface area contributed by atoms with Gasteiger partial charge in [-0.15, -0.1) is 0 Å². The number of Topliss-reactive ketones (excluding diaryl/α,β-unsaturated/α-hetero) is 1. The zero-order valence-corrected chi connectivity index (χ0v) is 12.1. The molecule has 6 heteroatoms. The first-order valence-corrected chi connectivity index (χ1v) is 7.48. The third-order valence-electron chi connectivity index (χ3n) is 2.55. The summed E-state index contributed by atoms with van der Waals surface area (Å²) in [4.78, 5) is 11.1. The summed E-state index contributed by atoms with van der Waals surface area (Å²) in [7, 11) is -3.94. The average molecular weight is 311 g/mol. The van der Waals surface area contributed by atoms with E-state index in [0.29, 0.717) is 10.6 Å². The summed E-state index contributed by atoms with van der Waals surface area (Å²) in [6.45, 7) is 1.43. The molecule has 0 heterocycles. The normalized spacial score (nSPS) is 11.1. The molecule has 2 aromatic carbocycles. The molecule has 0 aliphatic carbocycles. The topological polar surface area (TPSA) is 60.4 Å². The van der Waals surface area contributed by atoms with Gasteiger partial charge in [-0.25, -0.2) is 0 Å². The highest BCUT2D eigenvalue weighted by Crippen LogP contribution is 2.21. The van der Waals surface area contributed by atoms with Gasteiger partial charge in [-0.3, -0.25) is 4.79 Å². The number of hydrogen-bond donors (Lipinski definition) is 0. The van der Waals surface area contributed by atoms with Crippen molar-refractivity contribution in [2.45, 2.75) is 11.8 Å².